The van der Waals surface area contributed by atoms with Crippen LogP contribution in [0.25, 0.3) is 11.3 Å². The van der Waals surface area contributed by atoms with Gasteiger partial charge in [-0.1, -0.05) is 0 Å². The quantitative estimate of drug-likeness (QED) is 0.803. The highest BCUT2D eigenvalue weighted by Crippen LogP contribution is 2.15. The molecule has 0 radical (unpaired) electrons. The molecule has 0 saturated heterocycles. The highest BCUT2D eigenvalue weighted by Gasteiger charge is 2.05. The van der Waals surface area contributed by atoms with Gasteiger partial charge in [-0.05, 0) is 24.3 Å². The summed E-state index contributed by atoms with van der Waals surface area (Å²) in [5.41, 5.74) is 1.65. The van der Waals surface area contributed by atoms with Gasteiger partial charge in [0.05, 0.1) is 11.3 Å². The molecule has 15 heavy (non-hydrogen) atoms. The molecule has 4 nitrogen and oxygen atoms in total. The van der Waals surface area contributed by atoms with Crippen molar-refractivity contribution in [3.63, 3.8) is 0 Å². The van der Waals surface area contributed by atoms with Crippen LogP contribution in [-0.4, -0.2) is 21.0 Å². The third-order valence-corrected chi connectivity index (χ3v) is 1.96. The molecular formula is C11H8N2O2. The van der Waals surface area contributed by atoms with Crippen LogP contribution in [-0.2, 0) is 0 Å². The summed E-state index contributed by atoms with van der Waals surface area (Å²) in [7, 11) is 0. The number of hydrogen-bond donors (Lipinski definition) is 1. The summed E-state index contributed by atoms with van der Waals surface area (Å²) in [5.74, 6) is -0.956. The number of carbonyl (C=O) groups is 1. The molecule has 0 unspecified atom stereocenters. The maximum atomic E-state index is 10.7. The van der Waals surface area contributed by atoms with Crippen molar-refractivity contribution in [1.82, 2.24) is 9.97 Å². The minimum atomic E-state index is -0.956. The van der Waals surface area contributed by atoms with Gasteiger partial charge in [-0.3, -0.25) is 9.97 Å². The predicted octanol–water partition coefficient (Wildman–Crippen LogP) is 1.84. The van der Waals surface area contributed by atoms with Gasteiger partial charge in [-0.2, -0.15) is 0 Å². The highest BCUT2D eigenvalue weighted by molar-refractivity contribution is 5.88. The summed E-state index contributed by atoms with van der Waals surface area (Å²) in [6.45, 7) is 0. The Morgan fingerprint density at radius 2 is 2.13 bits per heavy atom. The fourth-order valence-corrected chi connectivity index (χ4v) is 1.24. The molecule has 0 aliphatic rings. The van der Waals surface area contributed by atoms with E-state index >= 15 is 0 Å². The second-order valence-corrected chi connectivity index (χ2v) is 2.98. The first kappa shape index (κ1) is 9.33. The van der Waals surface area contributed by atoms with Crippen LogP contribution in [0.2, 0.25) is 0 Å². The molecule has 0 fully saturated rings. The van der Waals surface area contributed by atoms with Gasteiger partial charge >= 0.3 is 5.97 Å². The Bertz CT molecular complexity index is 483. The van der Waals surface area contributed by atoms with Gasteiger partial charge in [0, 0.05) is 24.2 Å². The van der Waals surface area contributed by atoms with E-state index in [1.807, 2.05) is 6.07 Å². The molecule has 1 N–H and O–H groups in total. The fraction of sp³-hybridized carbons (Fsp3) is 0. The Morgan fingerprint density at radius 1 is 1.27 bits per heavy atom. The average molecular weight is 200 g/mol. The number of aromatic nitrogens is 2. The van der Waals surface area contributed by atoms with Crippen molar-refractivity contribution in [2.24, 2.45) is 0 Å². The third-order valence-electron chi connectivity index (χ3n) is 1.96. The van der Waals surface area contributed by atoms with E-state index < -0.39 is 5.97 Å². The topological polar surface area (TPSA) is 63.1 Å². The Hall–Kier alpha value is -2.23. The predicted molar refractivity (Wildman–Crippen MR) is 54.4 cm³/mol. The minimum absolute atomic E-state index is 0.226. The van der Waals surface area contributed by atoms with Gasteiger partial charge in [0.15, 0.2) is 0 Å². The molecule has 0 aliphatic heterocycles. The first-order valence-electron chi connectivity index (χ1n) is 4.37. The van der Waals surface area contributed by atoms with Crippen LogP contribution in [0, 0.1) is 0 Å². The molecule has 0 saturated carbocycles. The monoisotopic (exact) mass is 200 g/mol. The molecule has 2 aromatic heterocycles. The smallest absolute Gasteiger partial charge is 0.335 e. The zero-order valence-corrected chi connectivity index (χ0v) is 7.79. The molecular weight excluding hydrogens is 192 g/mol. The molecule has 0 aromatic carbocycles. The summed E-state index contributed by atoms with van der Waals surface area (Å²) in [4.78, 5) is 18.8. The molecule has 2 rings (SSSR count). The van der Waals surface area contributed by atoms with Crippen LogP contribution in [0.1, 0.15) is 10.4 Å². The van der Waals surface area contributed by atoms with Crippen LogP contribution in [0.5, 0.6) is 0 Å². The molecule has 2 aromatic rings. The Balaban J connectivity index is 2.46. The lowest BCUT2D eigenvalue weighted by molar-refractivity contribution is 0.0697. The van der Waals surface area contributed by atoms with E-state index in [4.69, 9.17) is 5.11 Å². The normalized spacial score (nSPS) is 9.87. The van der Waals surface area contributed by atoms with E-state index in [1.165, 1.54) is 18.3 Å². The van der Waals surface area contributed by atoms with Crippen molar-refractivity contribution < 1.29 is 9.90 Å². The van der Waals surface area contributed by atoms with Crippen LogP contribution >= 0.6 is 0 Å². The molecule has 0 bridgehead atoms. The van der Waals surface area contributed by atoms with Crippen molar-refractivity contribution in [3.05, 3.63) is 48.4 Å². The second kappa shape index (κ2) is 3.88. The SMILES string of the molecule is O=C(O)c1ccnc(-c2cccnc2)c1. The zero-order valence-electron chi connectivity index (χ0n) is 7.79. The number of aromatic carboxylic acids is 1. The molecule has 0 aliphatic carbocycles. The van der Waals surface area contributed by atoms with E-state index in [0.717, 1.165) is 5.56 Å². The summed E-state index contributed by atoms with van der Waals surface area (Å²) < 4.78 is 0. The van der Waals surface area contributed by atoms with Gasteiger partial charge < -0.3 is 5.11 Å². The van der Waals surface area contributed by atoms with Crippen molar-refractivity contribution in [2.45, 2.75) is 0 Å². The number of pyridine rings is 2. The van der Waals surface area contributed by atoms with Crippen LogP contribution in [0.4, 0.5) is 0 Å². The number of carboxylic acid groups (broad SMARTS) is 1. The minimum Gasteiger partial charge on any atom is -0.478 e. The molecule has 2 heterocycles. The molecule has 4 heteroatoms. The lowest BCUT2D eigenvalue weighted by atomic mass is 10.1. The van der Waals surface area contributed by atoms with Crippen molar-refractivity contribution in [1.29, 1.82) is 0 Å². The van der Waals surface area contributed by atoms with Gasteiger partial charge in [0.25, 0.3) is 0 Å². The molecule has 74 valence electrons. The number of carboxylic acids is 1. The molecule has 0 atom stereocenters. The van der Waals surface area contributed by atoms with Gasteiger partial charge in [-0.15, -0.1) is 0 Å². The average Bonchev–Trinajstić information content (AvgIpc) is 2.30. The van der Waals surface area contributed by atoms with Gasteiger partial charge in [0.1, 0.15) is 0 Å². The van der Waals surface area contributed by atoms with Gasteiger partial charge in [-0.25, -0.2) is 4.79 Å². The van der Waals surface area contributed by atoms with Crippen molar-refractivity contribution >= 4 is 5.97 Å². The number of hydrogen-bond acceptors (Lipinski definition) is 3. The molecule has 0 amide bonds. The maximum absolute atomic E-state index is 10.7. The van der Waals surface area contributed by atoms with Crippen LogP contribution in [0.15, 0.2) is 42.9 Å². The van der Waals surface area contributed by atoms with Crippen molar-refractivity contribution in [2.75, 3.05) is 0 Å². The Labute approximate surface area is 86.2 Å². The van der Waals surface area contributed by atoms with E-state index in [1.54, 1.807) is 18.5 Å². The first-order valence-corrected chi connectivity index (χ1v) is 4.37. The maximum Gasteiger partial charge on any atom is 0.335 e. The Kier molecular flexibility index (Phi) is 2.41. The second-order valence-electron chi connectivity index (χ2n) is 2.98. The lowest BCUT2D eigenvalue weighted by Gasteiger charge is -2.00. The summed E-state index contributed by atoms with van der Waals surface area (Å²) >= 11 is 0. The van der Waals surface area contributed by atoms with Crippen molar-refractivity contribution in [3.8, 4) is 11.3 Å². The van der Waals surface area contributed by atoms with Crippen LogP contribution < -0.4 is 0 Å². The number of nitrogens with zero attached hydrogens (tertiary/aromatic N) is 2. The summed E-state index contributed by atoms with van der Waals surface area (Å²) in [5, 5.41) is 8.81. The van der Waals surface area contributed by atoms with E-state index in [-0.39, 0.29) is 5.56 Å². The third kappa shape index (κ3) is 1.99. The fourth-order valence-electron chi connectivity index (χ4n) is 1.24. The van der Waals surface area contributed by atoms with Crippen LogP contribution in [0.3, 0.4) is 0 Å². The largest absolute Gasteiger partial charge is 0.478 e. The van der Waals surface area contributed by atoms with E-state index in [9.17, 15) is 4.79 Å². The lowest BCUT2D eigenvalue weighted by Crippen LogP contribution is -1.97. The summed E-state index contributed by atoms with van der Waals surface area (Å²) in [6.07, 6.45) is 4.78. The zero-order chi connectivity index (χ0) is 10.7. The molecule has 0 spiro atoms. The number of rotatable bonds is 2. The van der Waals surface area contributed by atoms with E-state index in [2.05, 4.69) is 9.97 Å². The summed E-state index contributed by atoms with van der Waals surface area (Å²) in [6, 6.07) is 6.60. The standard InChI is InChI=1S/C11H8N2O2/c14-11(15)8-3-5-13-10(6-8)9-2-1-4-12-7-9/h1-7H,(H,14,15). The Morgan fingerprint density at radius 3 is 2.80 bits per heavy atom. The first-order chi connectivity index (χ1) is 7.27. The highest BCUT2D eigenvalue weighted by atomic mass is 16.4. The van der Waals surface area contributed by atoms with Gasteiger partial charge in [0.2, 0.25) is 0 Å². The van der Waals surface area contributed by atoms with E-state index in [0.29, 0.717) is 5.69 Å².